The summed E-state index contributed by atoms with van der Waals surface area (Å²) in [6.45, 7) is 5.57. The van der Waals surface area contributed by atoms with Crippen LogP contribution in [0.3, 0.4) is 0 Å². The van der Waals surface area contributed by atoms with Crippen LogP contribution in [0.15, 0.2) is 36.7 Å². The van der Waals surface area contributed by atoms with Crippen LogP contribution >= 0.6 is 0 Å². The molecule has 1 aliphatic heterocycles. The maximum absolute atomic E-state index is 11.9. The quantitative estimate of drug-likeness (QED) is 0.943. The Balaban J connectivity index is 1.73. The second-order valence-electron chi connectivity index (χ2n) is 5.84. The minimum absolute atomic E-state index is 0.103. The third-order valence-electron chi connectivity index (χ3n) is 3.73. The molecule has 0 fully saturated rings. The van der Waals surface area contributed by atoms with Crippen molar-refractivity contribution in [2.75, 3.05) is 11.4 Å². The van der Waals surface area contributed by atoms with Gasteiger partial charge in [-0.2, -0.15) is 0 Å². The zero-order valence-electron chi connectivity index (χ0n) is 12.9. The van der Waals surface area contributed by atoms with E-state index >= 15 is 0 Å². The first-order valence-corrected chi connectivity index (χ1v) is 7.58. The van der Waals surface area contributed by atoms with Gasteiger partial charge in [-0.15, -0.1) is 0 Å². The molecular weight excluding hydrogens is 276 g/mol. The van der Waals surface area contributed by atoms with E-state index in [0.29, 0.717) is 11.5 Å². The zero-order chi connectivity index (χ0) is 15.5. The van der Waals surface area contributed by atoms with Crippen LogP contribution < -0.4 is 10.2 Å². The molecule has 0 saturated carbocycles. The molecule has 0 aliphatic carbocycles. The van der Waals surface area contributed by atoms with E-state index < -0.39 is 0 Å². The van der Waals surface area contributed by atoms with Gasteiger partial charge in [0.2, 0.25) is 5.95 Å². The van der Waals surface area contributed by atoms with E-state index in [1.54, 1.807) is 12.4 Å². The molecule has 0 bridgehead atoms. The number of amides is 1. The molecule has 1 aromatic carbocycles. The molecule has 0 spiro atoms. The zero-order valence-corrected chi connectivity index (χ0v) is 12.9. The summed E-state index contributed by atoms with van der Waals surface area (Å²) < 4.78 is 0. The van der Waals surface area contributed by atoms with Gasteiger partial charge < -0.3 is 10.2 Å². The number of hydrogen-bond donors (Lipinski definition) is 1. The topological polar surface area (TPSA) is 58.1 Å². The lowest BCUT2D eigenvalue weighted by Crippen LogP contribution is -2.32. The van der Waals surface area contributed by atoms with Gasteiger partial charge in [0.05, 0.1) is 5.56 Å². The number of carbonyl (C=O) groups is 1. The fourth-order valence-corrected chi connectivity index (χ4v) is 2.61. The molecule has 1 aromatic heterocycles. The lowest BCUT2D eigenvalue weighted by Gasteiger charge is -2.28. The number of carbonyl (C=O) groups excluding carboxylic acids is 1. The lowest BCUT2D eigenvalue weighted by atomic mass is 10.0. The van der Waals surface area contributed by atoms with E-state index in [9.17, 15) is 4.79 Å². The van der Waals surface area contributed by atoms with Crippen LogP contribution in [0.5, 0.6) is 0 Å². The summed E-state index contributed by atoms with van der Waals surface area (Å²) in [6, 6.07) is 8.56. The lowest BCUT2D eigenvalue weighted by molar-refractivity contribution is 0.0942. The van der Waals surface area contributed by atoms with Gasteiger partial charge in [-0.1, -0.05) is 24.3 Å². The standard InChI is InChI=1S/C17H20N4O/c1-12(2)20-16(22)15-9-18-17(19-10-15)21-8-7-13-5-3-4-6-14(13)11-21/h3-6,9-10,12H,7-8,11H2,1-2H3,(H,20,22). The van der Waals surface area contributed by atoms with Gasteiger partial charge in [0.25, 0.3) is 5.91 Å². The van der Waals surface area contributed by atoms with E-state index in [4.69, 9.17) is 0 Å². The van der Waals surface area contributed by atoms with Crippen molar-refractivity contribution >= 4 is 11.9 Å². The van der Waals surface area contributed by atoms with Crippen molar-refractivity contribution in [1.29, 1.82) is 0 Å². The first kappa shape index (κ1) is 14.5. The largest absolute Gasteiger partial charge is 0.350 e. The van der Waals surface area contributed by atoms with Crippen LogP contribution in [0.4, 0.5) is 5.95 Å². The second-order valence-corrected chi connectivity index (χ2v) is 5.84. The van der Waals surface area contributed by atoms with Crippen molar-refractivity contribution in [2.24, 2.45) is 0 Å². The van der Waals surface area contributed by atoms with Crippen molar-refractivity contribution in [3.63, 3.8) is 0 Å². The Bertz CT molecular complexity index is 667. The molecule has 5 nitrogen and oxygen atoms in total. The molecule has 5 heteroatoms. The van der Waals surface area contributed by atoms with Crippen LogP contribution in [-0.4, -0.2) is 28.5 Å². The minimum atomic E-state index is -0.134. The average molecular weight is 296 g/mol. The van der Waals surface area contributed by atoms with Crippen LogP contribution in [0.2, 0.25) is 0 Å². The molecule has 2 aromatic rings. The highest BCUT2D eigenvalue weighted by Gasteiger charge is 2.18. The number of rotatable bonds is 3. The Morgan fingerprint density at radius 2 is 1.86 bits per heavy atom. The Morgan fingerprint density at radius 3 is 2.55 bits per heavy atom. The van der Waals surface area contributed by atoms with E-state index in [2.05, 4.69) is 44.5 Å². The monoisotopic (exact) mass is 296 g/mol. The van der Waals surface area contributed by atoms with Crippen molar-refractivity contribution in [1.82, 2.24) is 15.3 Å². The number of fused-ring (bicyclic) bond motifs is 1. The molecule has 0 saturated heterocycles. The molecule has 2 heterocycles. The fraction of sp³-hybridized carbons (Fsp3) is 0.353. The molecular formula is C17H20N4O. The molecule has 114 valence electrons. The second kappa shape index (κ2) is 6.13. The number of benzene rings is 1. The summed E-state index contributed by atoms with van der Waals surface area (Å²) in [5.74, 6) is 0.543. The third kappa shape index (κ3) is 3.08. The van der Waals surface area contributed by atoms with Crippen molar-refractivity contribution in [3.05, 3.63) is 53.3 Å². The van der Waals surface area contributed by atoms with Crippen LogP contribution in [0.25, 0.3) is 0 Å². The highest BCUT2D eigenvalue weighted by molar-refractivity contribution is 5.93. The number of anilines is 1. The smallest absolute Gasteiger partial charge is 0.254 e. The Kier molecular flexibility index (Phi) is 4.04. The van der Waals surface area contributed by atoms with Gasteiger partial charge in [0, 0.05) is 31.5 Å². The highest BCUT2D eigenvalue weighted by Crippen LogP contribution is 2.21. The number of nitrogens with zero attached hydrogens (tertiary/aromatic N) is 3. The summed E-state index contributed by atoms with van der Waals surface area (Å²) in [4.78, 5) is 22.8. The van der Waals surface area contributed by atoms with Crippen molar-refractivity contribution in [2.45, 2.75) is 32.9 Å². The number of nitrogens with one attached hydrogen (secondary N) is 1. The first-order chi connectivity index (χ1) is 10.6. The van der Waals surface area contributed by atoms with Crippen molar-refractivity contribution in [3.8, 4) is 0 Å². The predicted molar refractivity (Wildman–Crippen MR) is 85.8 cm³/mol. The molecule has 1 N–H and O–H groups in total. The summed E-state index contributed by atoms with van der Waals surface area (Å²) in [6.07, 6.45) is 4.19. The molecule has 3 rings (SSSR count). The van der Waals surface area contributed by atoms with Gasteiger partial charge in [0.1, 0.15) is 0 Å². The highest BCUT2D eigenvalue weighted by atomic mass is 16.1. The SMILES string of the molecule is CC(C)NC(=O)c1cnc(N2CCc3ccccc3C2)nc1. The summed E-state index contributed by atoms with van der Waals surface area (Å²) >= 11 is 0. The van der Waals surface area contributed by atoms with Gasteiger partial charge in [-0.25, -0.2) is 9.97 Å². The molecule has 1 aliphatic rings. The van der Waals surface area contributed by atoms with Gasteiger partial charge >= 0.3 is 0 Å². The summed E-state index contributed by atoms with van der Waals surface area (Å²) in [7, 11) is 0. The van der Waals surface area contributed by atoms with E-state index in [1.165, 1.54) is 11.1 Å². The molecule has 0 radical (unpaired) electrons. The van der Waals surface area contributed by atoms with Crippen LogP contribution in [0.1, 0.15) is 35.3 Å². The Morgan fingerprint density at radius 1 is 1.18 bits per heavy atom. The van der Waals surface area contributed by atoms with Crippen LogP contribution in [-0.2, 0) is 13.0 Å². The normalized spacial score (nSPS) is 13.9. The first-order valence-electron chi connectivity index (χ1n) is 7.58. The maximum atomic E-state index is 11.9. The van der Waals surface area contributed by atoms with E-state index in [1.807, 2.05) is 13.8 Å². The molecule has 22 heavy (non-hydrogen) atoms. The summed E-state index contributed by atoms with van der Waals surface area (Å²) in [5.41, 5.74) is 3.21. The van der Waals surface area contributed by atoms with E-state index in [-0.39, 0.29) is 11.9 Å². The van der Waals surface area contributed by atoms with Gasteiger partial charge in [-0.3, -0.25) is 4.79 Å². The fourth-order valence-electron chi connectivity index (χ4n) is 2.61. The average Bonchev–Trinajstić information content (AvgIpc) is 2.54. The maximum Gasteiger partial charge on any atom is 0.254 e. The Hall–Kier alpha value is -2.43. The van der Waals surface area contributed by atoms with Gasteiger partial charge in [-0.05, 0) is 31.4 Å². The van der Waals surface area contributed by atoms with E-state index in [0.717, 1.165) is 19.5 Å². The predicted octanol–water partition coefficient (Wildman–Crippen LogP) is 2.18. The number of hydrogen-bond acceptors (Lipinski definition) is 4. The molecule has 0 atom stereocenters. The third-order valence-corrected chi connectivity index (χ3v) is 3.73. The van der Waals surface area contributed by atoms with Gasteiger partial charge in [0.15, 0.2) is 0 Å². The summed E-state index contributed by atoms with van der Waals surface area (Å²) in [5, 5.41) is 2.84. The minimum Gasteiger partial charge on any atom is -0.350 e. The van der Waals surface area contributed by atoms with Crippen LogP contribution in [0, 0.1) is 0 Å². The Labute approximate surface area is 130 Å². The molecule has 0 unspecified atom stereocenters. The number of aromatic nitrogens is 2. The molecule has 1 amide bonds. The van der Waals surface area contributed by atoms with Crippen molar-refractivity contribution < 1.29 is 4.79 Å².